The van der Waals surface area contributed by atoms with Crippen molar-refractivity contribution >= 4 is 17.7 Å². The van der Waals surface area contributed by atoms with E-state index in [4.69, 9.17) is 0 Å². The Kier molecular flexibility index (Phi) is 2.47. The lowest BCUT2D eigenvalue weighted by Gasteiger charge is -1.95. The molecule has 2 heteroatoms. The number of hydrogen-bond acceptors (Lipinski definition) is 1. The largest absolute Gasteiger partial charge is 0.300 e. The van der Waals surface area contributed by atoms with Crippen LogP contribution in [0.1, 0.15) is 11.4 Å². The molecule has 2 nitrogen and oxygen atoms in total. The van der Waals surface area contributed by atoms with Gasteiger partial charge in [0.15, 0.2) is 0 Å². The standard InChI is InChI=1S/C15H12N2/c1-2-6-13(7-3-1)9-10-15-16-12-14-8-4-5-11-17(14)15/h1-12H. The van der Waals surface area contributed by atoms with E-state index in [1.54, 1.807) is 0 Å². The Morgan fingerprint density at radius 2 is 1.71 bits per heavy atom. The molecule has 0 aliphatic rings. The molecular formula is C15H12N2. The summed E-state index contributed by atoms with van der Waals surface area (Å²) in [5.41, 5.74) is 2.29. The van der Waals surface area contributed by atoms with Gasteiger partial charge in [-0.25, -0.2) is 4.98 Å². The normalized spacial score (nSPS) is 11.3. The number of nitrogens with zero attached hydrogens (tertiary/aromatic N) is 2. The first-order valence-electron chi connectivity index (χ1n) is 5.59. The molecule has 1 aromatic carbocycles. The van der Waals surface area contributed by atoms with Crippen LogP contribution in [-0.2, 0) is 0 Å². The van der Waals surface area contributed by atoms with Gasteiger partial charge < -0.3 is 4.40 Å². The van der Waals surface area contributed by atoms with E-state index in [-0.39, 0.29) is 0 Å². The maximum Gasteiger partial charge on any atom is 0.137 e. The summed E-state index contributed by atoms with van der Waals surface area (Å²) in [5.74, 6) is 0.949. The van der Waals surface area contributed by atoms with Crippen molar-refractivity contribution in [2.75, 3.05) is 0 Å². The molecule has 3 rings (SSSR count). The van der Waals surface area contributed by atoms with Gasteiger partial charge in [-0.3, -0.25) is 0 Å². The van der Waals surface area contributed by atoms with Crippen molar-refractivity contribution < 1.29 is 0 Å². The number of pyridine rings is 1. The van der Waals surface area contributed by atoms with Crippen molar-refractivity contribution in [2.45, 2.75) is 0 Å². The summed E-state index contributed by atoms with van der Waals surface area (Å²) in [7, 11) is 0. The molecule has 82 valence electrons. The molecule has 0 atom stereocenters. The number of fused-ring (bicyclic) bond motifs is 1. The highest BCUT2D eigenvalue weighted by Gasteiger charge is 1.97. The van der Waals surface area contributed by atoms with Crippen LogP contribution in [0.15, 0.2) is 60.9 Å². The zero-order valence-electron chi connectivity index (χ0n) is 9.32. The zero-order valence-corrected chi connectivity index (χ0v) is 9.32. The van der Waals surface area contributed by atoms with Gasteiger partial charge >= 0.3 is 0 Å². The van der Waals surface area contributed by atoms with Gasteiger partial charge in [0.25, 0.3) is 0 Å². The van der Waals surface area contributed by atoms with Crippen molar-refractivity contribution in [3.05, 3.63) is 72.3 Å². The Morgan fingerprint density at radius 3 is 2.59 bits per heavy atom. The molecule has 0 saturated carbocycles. The van der Waals surface area contributed by atoms with Crippen LogP contribution >= 0.6 is 0 Å². The third kappa shape index (κ3) is 1.97. The van der Waals surface area contributed by atoms with Gasteiger partial charge in [0.05, 0.1) is 11.7 Å². The van der Waals surface area contributed by atoms with E-state index in [1.165, 1.54) is 5.56 Å². The zero-order chi connectivity index (χ0) is 11.5. The summed E-state index contributed by atoms with van der Waals surface area (Å²) in [5, 5.41) is 0. The molecule has 0 bridgehead atoms. The number of imidazole rings is 1. The molecule has 0 N–H and O–H groups in total. The first-order chi connectivity index (χ1) is 8.43. The third-order valence-corrected chi connectivity index (χ3v) is 2.69. The number of hydrogen-bond donors (Lipinski definition) is 0. The second kappa shape index (κ2) is 4.26. The topological polar surface area (TPSA) is 17.3 Å². The Labute approximate surface area is 99.9 Å². The quantitative estimate of drug-likeness (QED) is 0.646. The molecule has 0 unspecified atom stereocenters. The lowest BCUT2D eigenvalue weighted by Crippen LogP contribution is -1.85. The maximum absolute atomic E-state index is 4.39. The maximum atomic E-state index is 4.39. The first-order valence-corrected chi connectivity index (χ1v) is 5.59. The molecule has 0 spiro atoms. The Balaban J connectivity index is 1.98. The van der Waals surface area contributed by atoms with Gasteiger partial charge in [0, 0.05) is 6.20 Å². The molecule has 0 aliphatic heterocycles. The minimum Gasteiger partial charge on any atom is -0.300 e. The summed E-state index contributed by atoms with van der Waals surface area (Å²) >= 11 is 0. The molecule has 17 heavy (non-hydrogen) atoms. The predicted molar refractivity (Wildman–Crippen MR) is 70.6 cm³/mol. The third-order valence-electron chi connectivity index (χ3n) is 2.69. The van der Waals surface area contributed by atoms with Gasteiger partial charge in [-0.2, -0.15) is 0 Å². The number of aromatic nitrogens is 2. The van der Waals surface area contributed by atoms with Crippen molar-refractivity contribution in [3.63, 3.8) is 0 Å². The van der Waals surface area contributed by atoms with Crippen molar-refractivity contribution in [1.29, 1.82) is 0 Å². The van der Waals surface area contributed by atoms with Crippen molar-refractivity contribution in [1.82, 2.24) is 9.38 Å². The van der Waals surface area contributed by atoms with Crippen LogP contribution in [0.3, 0.4) is 0 Å². The van der Waals surface area contributed by atoms with Crippen LogP contribution in [0, 0.1) is 0 Å². The fourth-order valence-corrected chi connectivity index (χ4v) is 1.82. The minimum atomic E-state index is 0.949. The highest BCUT2D eigenvalue weighted by molar-refractivity contribution is 5.68. The lowest BCUT2D eigenvalue weighted by atomic mass is 10.2. The number of benzene rings is 1. The summed E-state index contributed by atoms with van der Waals surface area (Å²) < 4.78 is 2.07. The fraction of sp³-hybridized carbons (Fsp3) is 0. The van der Waals surface area contributed by atoms with Crippen LogP contribution in [0.4, 0.5) is 0 Å². The van der Waals surface area contributed by atoms with E-state index in [9.17, 15) is 0 Å². The van der Waals surface area contributed by atoms with E-state index >= 15 is 0 Å². The molecule has 2 aromatic heterocycles. The van der Waals surface area contributed by atoms with E-state index in [0.717, 1.165) is 11.3 Å². The SMILES string of the molecule is C(=Cc1ncc2ccccn12)c1ccccc1. The van der Waals surface area contributed by atoms with Crippen molar-refractivity contribution in [3.8, 4) is 0 Å². The van der Waals surface area contributed by atoms with Crippen LogP contribution < -0.4 is 0 Å². The Morgan fingerprint density at radius 1 is 0.882 bits per heavy atom. The van der Waals surface area contributed by atoms with Crippen molar-refractivity contribution in [2.24, 2.45) is 0 Å². The van der Waals surface area contributed by atoms with Gasteiger partial charge in [-0.05, 0) is 23.8 Å². The molecule has 0 aliphatic carbocycles. The first kappa shape index (κ1) is 9.85. The summed E-state index contributed by atoms with van der Waals surface area (Å²) in [6, 6.07) is 16.3. The average Bonchev–Trinajstić information content (AvgIpc) is 2.81. The van der Waals surface area contributed by atoms with Gasteiger partial charge in [0.1, 0.15) is 5.82 Å². The second-order valence-electron chi connectivity index (χ2n) is 3.86. The average molecular weight is 220 g/mol. The van der Waals surface area contributed by atoms with E-state index in [2.05, 4.69) is 27.6 Å². The summed E-state index contributed by atoms with van der Waals surface area (Å²) in [6.45, 7) is 0. The van der Waals surface area contributed by atoms with Gasteiger partial charge in [-0.15, -0.1) is 0 Å². The number of rotatable bonds is 2. The van der Waals surface area contributed by atoms with Crippen LogP contribution in [0.25, 0.3) is 17.7 Å². The van der Waals surface area contributed by atoms with Gasteiger partial charge in [0.2, 0.25) is 0 Å². The minimum absolute atomic E-state index is 0.949. The predicted octanol–water partition coefficient (Wildman–Crippen LogP) is 3.50. The molecule has 0 amide bonds. The van der Waals surface area contributed by atoms with Crippen LogP contribution in [0.5, 0.6) is 0 Å². The molecule has 0 fully saturated rings. The van der Waals surface area contributed by atoms with E-state index in [0.29, 0.717) is 0 Å². The highest BCUT2D eigenvalue weighted by Crippen LogP contribution is 2.10. The Hall–Kier alpha value is -2.35. The molecule has 0 saturated heterocycles. The monoisotopic (exact) mass is 220 g/mol. The molecule has 0 radical (unpaired) electrons. The van der Waals surface area contributed by atoms with Crippen LogP contribution in [0.2, 0.25) is 0 Å². The molecule has 3 aromatic rings. The van der Waals surface area contributed by atoms with Crippen LogP contribution in [-0.4, -0.2) is 9.38 Å². The summed E-state index contributed by atoms with van der Waals surface area (Å²) in [4.78, 5) is 4.39. The summed E-state index contributed by atoms with van der Waals surface area (Å²) in [6.07, 6.45) is 8.00. The fourth-order valence-electron chi connectivity index (χ4n) is 1.82. The molecule has 2 heterocycles. The Bertz CT molecular complexity index is 651. The van der Waals surface area contributed by atoms with E-state index in [1.807, 2.05) is 54.9 Å². The highest BCUT2D eigenvalue weighted by atomic mass is 15.0. The lowest BCUT2D eigenvalue weighted by molar-refractivity contribution is 1.12. The van der Waals surface area contributed by atoms with E-state index < -0.39 is 0 Å². The smallest absolute Gasteiger partial charge is 0.137 e. The van der Waals surface area contributed by atoms with Gasteiger partial charge in [-0.1, -0.05) is 42.5 Å². The second-order valence-corrected chi connectivity index (χ2v) is 3.86. The molecular weight excluding hydrogens is 208 g/mol.